The number of nitrogen functional groups attached to an aromatic ring is 1. The molecule has 0 saturated heterocycles. The molecule has 84 valence electrons. The highest BCUT2D eigenvalue weighted by molar-refractivity contribution is 9.10. The largest absolute Gasteiger partial charge is 0.381 e. The van der Waals surface area contributed by atoms with Crippen molar-refractivity contribution in [3.05, 3.63) is 10.7 Å². The van der Waals surface area contributed by atoms with Crippen molar-refractivity contribution in [1.82, 2.24) is 15.1 Å². The van der Waals surface area contributed by atoms with Gasteiger partial charge in [-0.25, -0.2) is 0 Å². The molecule has 0 atom stereocenters. The van der Waals surface area contributed by atoms with Crippen LogP contribution >= 0.6 is 15.9 Å². The number of nitrogens with one attached hydrogen (secondary N) is 1. The number of aryl methyl sites for hydroxylation is 1. The molecule has 1 aromatic heterocycles. The summed E-state index contributed by atoms with van der Waals surface area (Å²) in [6.45, 7) is 4.40. The van der Waals surface area contributed by atoms with Gasteiger partial charge in [-0.15, -0.1) is 0 Å². The van der Waals surface area contributed by atoms with Crippen molar-refractivity contribution in [3.63, 3.8) is 0 Å². The molecule has 0 unspecified atom stereocenters. The SMILES string of the molecule is CC(C)NC(=O)CCn1cc(Br)c(N)n1. The minimum atomic E-state index is 0.0233. The molecule has 0 bridgehead atoms. The monoisotopic (exact) mass is 274 g/mol. The van der Waals surface area contributed by atoms with Gasteiger partial charge in [0.05, 0.1) is 4.47 Å². The van der Waals surface area contributed by atoms with Crippen LogP contribution in [0.2, 0.25) is 0 Å². The highest BCUT2D eigenvalue weighted by Crippen LogP contribution is 2.16. The smallest absolute Gasteiger partial charge is 0.222 e. The minimum Gasteiger partial charge on any atom is -0.381 e. The van der Waals surface area contributed by atoms with E-state index >= 15 is 0 Å². The van der Waals surface area contributed by atoms with E-state index in [-0.39, 0.29) is 11.9 Å². The summed E-state index contributed by atoms with van der Waals surface area (Å²) in [7, 11) is 0. The van der Waals surface area contributed by atoms with Gasteiger partial charge in [0.2, 0.25) is 5.91 Å². The summed E-state index contributed by atoms with van der Waals surface area (Å²) >= 11 is 3.25. The second-order valence-electron chi connectivity index (χ2n) is 3.60. The predicted octanol–water partition coefficient (Wildman–Crippen LogP) is 1.14. The molecule has 0 radical (unpaired) electrons. The normalized spacial score (nSPS) is 10.7. The van der Waals surface area contributed by atoms with Gasteiger partial charge in [-0.1, -0.05) is 0 Å². The summed E-state index contributed by atoms with van der Waals surface area (Å²) in [4.78, 5) is 11.3. The van der Waals surface area contributed by atoms with E-state index in [1.807, 2.05) is 13.8 Å². The van der Waals surface area contributed by atoms with Gasteiger partial charge in [0, 0.05) is 25.2 Å². The van der Waals surface area contributed by atoms with Gasteiger partial charge in [0.15, 0.2) is 5.82 Å². The number of hydrogen-bond donors (Lipinski definition) is 2. The summed E-state index contributed by atoms with van der Waals surface area (Å²) in [5.74, 6) is 0.467. The molecule has 1 rings (SSSR count). The van der Waals surface area contributed by atoms with Crippen molar-refractivity contribution in [2.45, 2.75) is 32.9 Å². The first-order valence-corrected chi connectivity index (χ1v) is 5.56. The van der Waals surface area contributed by atoms with Gasteiger partial charge >= 0.3 is 0 Å². The van der Waals surface area contributed by atoms with Gasteiger partial charge in [0.1, 0.15) is 0 Å². The zero-order valence-corrected chi connectivity index (χ0v) is 10.4. The number of nitrogens with zero attached hydrogens (tertiary/aromatic N) is 2. The molecule has 0 aliphatic heterocycles. The van der Waals surface area contributed by atoms with Crippen LogP contribution in [-0.4, -0.2) is 21.7 Å². The van der Waals surface area contributed by atoms with E-state index < -0.39 is 0 Å². The molecule has 0 aliphatic rings. The maximum absolute atomic E-state index is 11.3. The van der Waals surface area contributed by atoms with Crippen LogP contribution in [0.15, 0.2) is 10.7 Å². The Labute approximate surface area is 97.1 Å². The molecule has 0 aromatic carbocycles. The Hall–Kier alpha value is -1.04. The van der Waals surface area contributed by atoms with Crippen LogP contribution < -0.4 is 11.1 Å². The number of carbonyl (C=O) groups is 1. The Bertz CT molecular complexity index is 328. The fourth-order valence-electron chi connectivity index (χ4n) is 1.14. The third-order valence-corrected chi connectivity index (χ3v) is 2.37. The van der Waals surface area contributed by atoms with Crippen molar-refractivity contribution in [1.29, 1.82) is 0 Å². The molecule has 1 amide bonds. The fourth-order valence-corrected chi connectivity index (χ4v) is 1.45. The minimum absolute atomic E-state index is 0.0233. The van der Waals surface area contributed by atoms with E-state index in [1.165, 1.54) is 0 Å². The highest BCUT2D eigenvalue weighted by atomic mass is 79.9. The molecule has 1 aromatic rings. The highest BCUT2D eigenvalue weighted by Gasteiger charge is 2.06. The van der Waals surface area contributed by atoms with E-state index in [0.717, 1.165) is 4.47 Å². The second kappa shape index (κ2) is 5.16. The van der Waals surface area contributed by atoms with Gasteiger partial charge < -0.3 is 11.1 Å². The Balaban J connectivity index is 2.40. The standard InChI is InChI=1S/C9H15BrN4O/c1-6(2)12-8(15)3-4-14-5-7(10)9(11)13-14/h5-6H,3-4H2,1-2H3,(H2,11,13)(H,12,15). The third kappa shape index (κ3) is 3.91. The molecule has 0 saturated carbocycles. The average Bonchev–Trinajstić information content (AvgIpc) is 2.42. The van der Waals surface area contributed by atoms with Gasteiger partial charge in [0.25, 0.3) is 0 Å². The lowest BCUT2D eigenvalue weighted by molar-refractivity contribution is -0.121. The number of anilines is 1. The first kappa shape index (κ1) is 12.0. The van der Waals surface area contributed by atoms with Crippen molar-refractivity contribution >= 4 is 27.7 Å². The molecular formula is C9H15BrN4O. The van der Waals surface area contributed by atoms with Crippen LogP contribution in [0.4, 0.5) is 5.82 Å². The number of halogens is 1. The van der Waals surface area contributed by atoms with Crippen molar-refractivity contribution in [2.75, 3.05) is 5.73 Å². The summed E-state index contributed by atoms with van der Waals surface area (Å²) < 4.78 is 2.41. The van der Waals surface area contributed by atoms with E-state index in [2.05, 4.69) is 26.3 Å². The van der Waals surface area contributed by atoms with Crippen molar-refractivity contribution in [3.8, 4) is 0 Å². The van der Waals surface area contributed by atoms with Crippen LogP contribution in [-0.2, 0) is 11.3 Å². The van der Waals surface area contributed by atoms with E-state index in [4.69, 9.17) is 5.73 Å². The maximum atomic E-state index is 11.3. The Morgan fingerprint density at radius 3 is 2.87 bits per heavy atom. The summed E-state index contributed by atoms with van der Waals surface area (Å²) in [5.41, 5.74) is 5.55. The average molecular weight is 275 g/mol. The van der Waals surface area contributed by atoms with Crippen LogP contribution in [0.5, 0.6) is 0 Å². The zero-order valence-electron chi connectivity index (χ0n) is 8.83. The number of nitrogens with two attached hydrogens (primary N) is 1. The molecule has 6 heteroatoms. The van der Waals surface area contributed by atoms with E-state index in [1.54, 1.807) is 10.9 Å². The molecule has 3 N–H and O–H groups in total. The molecule has 0 fully saturated rings. The number of carbonyl (C=O) groups excluding carboxylic acids is 1. The summed E-state index contributed by atoms with van der Waals surface area (Å²) in [5, 5.41) is 6.84. The molecule has 5 nitrogen and oxygen atoms in total. The molecule has 15 heavy (non-hydrogen) atoms. The number of rotatable bonds is 4. The summed E-state index contributed by atoms with van der Waals surface area (Å²) in [6.07, 6.45) is 2.17. The maximum Gasteiger partial charge on any atom is 0.222 e. The zero-order chi connectivity index (χ0) is 11.4. The Morgan fingerprint density at radius 1 is 1.73 bits per heavy atom. The van der Waals surface area contributed by atoms with Gasteiger partial charge in [-0.05, 0) is 29.8 Å². The fraction of sp³-hybridized carbons (Fsp3) is 0.556. The lowest BCUT2D eigenvalue weighted by Crippen LogP contribution is -2.30. The van der Waals surface area contributed by atoms with Crippen LogP contribution in [0.3, 0.4) is 0 Å². The van der Waals surface area contributed by atoms with E-state index in [9.17, 15) is 4.79 Å². The molecular weight excluding hydrogens is 260 g/mol. The van der Waals surface area contributed by atoms with Crippen LogP contribution in [0, 0.1) is 0 Å². The second-order valence-corrected chi connectivity index (χ2v) is 4.45. The van der Waals surface area contributed by atoms with Crippen molar-refractivity contribution in [2.24, 2.45) is 0 Å². The molecule has 0 aliphatic carbocycles. The summed E-state index contributed by atoms with van der Waals surface area (Å²) in [6, 6.07) is 0.173. The predicted molar refractivity (Wildman–Crippen MR) is 62.2 cm³/mol. The molecule has 0 spiro atoms. The molecule has 1 heterocycles. The van der Waals surface area contributed by atoms with Crippen molar-refractivity contribution < 1.29 is 4.79 Å². The Morgan fingerprint density at radius 2 is 2.40 bits per heavy atom. The number of aromatic nitrogens is 2. The quantitative estimate of drug-likeness (QED) is 0.865. The number of amides is 1. The van der Waals surface area contributed by atoms with Gasteiger partial charge in [-0.3, -0.25) is 9.48 Å². The topological polar surface area (TPSA) is 72.9 Å². The lowest BCUT2D eigenvalue weighted by Gasteiger charge is -2.07. The first-order chi connectivity index (χ1) is 6.99. The Kier molecular flexibility index (Phi) is 4.14. The number of hydrogen-bond acceptors (Lipinski definition) is 3. The van der Waals surface area contributed by atoms with E-state index in [0.29, 0.717) is 18.8 Å². The third-order valence-electron chi connectivity index (χ3n) is 1.76. The van der Waals surface area contributed by atoms with Crippen LogP contribution in [0.1, 0.15) is 20.3 Å². The first-order valence-electron chi connectivity index (χ1n) is 4.77. The lowest BCUT2D eigenvalue weighted by atomic mass is 10.3. The van der Waals surface area contributed by atoms with Gasteiger partial charge in [-0.2, -0.15) is 5.10 Å². The van der Waals surface area contributed by atoms with Crippen LogP contribution in [0.25, 0.3) is 0 Å².